The fraction of sp³-hybridized carbons (Fsp3) is 0. The Labute approximate surface area is 129 Å². The third-order valence-electron chi connectivity index (χ3n) is 2.26. The van der Waals surface area contributed by atoms with Crippen molar-refractivity contribution in [2.45, 2.75) is 4.90 Å². The second kappa shape index (κ2) is 6.25. The molecule has 0 radical (unpaired) electrons. The minimum Gasteiger partial charge on any atom is -0.478 e. The van der Waals surface area contributed by atoms with Gasteiger partial charge in [0.25, 0.3) is 10.0 Å². The Morgan fingerprint density at radius 3 is 2.62 bits per heavy atom. The molecule has 0 saturated carbocycles. The molecule has 110 valence electrons. The van der Waals surface area contributed by atoms with Crippen LogP contribution in [0.1, 0.15) is 4.88 Å². The number of benzene rings is 1. The molecule has 0 fully saturated rings. The summed E-state index contributed by atoms with van der Waals surface area (Å²) in [6.07, 6.45) is 3.66. The summed E-state index contributed by atoms with van der Waals surface area (Å²) in [5, 5.41) is 9.10. The van der Waals surface area contributed by atoms with Crippen LogP contribution in [-0.4, -0.2) is 24.5 Å². The van der Waals surface area contributed by atoms with E-state index in [-0.39, 0.29) is 10.0 Å². The van der Waals surface area contributed by atoms with Crippen LogP contribution in [0.25, 0.3) is 6.08 Å². The van der Waals surface area contributed by atoms with Crippen molar-refractivity contribution in [1.29, 1.82) is 0 Å². The van der Waals surface area contributed by atoms with Crippen LogP contribution in [0, 0.1) is 0 Å². The molecular weight excluding hydrogens is 336 g/mol. The zero-order valence-electron chi connectivity index (χ0n) is 10.4. The molecule has 1 aromatic carbocycles. The molecule has 0 spiro atoms. The number of aromatic nitrogens is 1. The lowest BCUT2D eigenvalue weighted by Crippen LogP contribution is -2.12. The molecule has 9 heteroatoms. The summed E-state index contributed by atoms with van der Waals surface area (Å²) >= 11 is 6.73. The number of carbonyl (C=O) groups is 1. The third kappa shape index (κ3) is 4.28. The highest BCUT2D eigenvalue weighted by atomic mass is 35.5. The van der Waals surface area contributed by atoms with Crippen molar-refractivity contribution >= 4 is 50.1 Å². The Morgan fingerprint density at radius 1 is 1.33 bits per heavy atom. The second-order valence-electron chi connectivity index (χ2n) is 3.80. The standard InChI is InChI=1S/C12H9ClN2O4S2/c13-8-1-4-10(5-2-8)21(18,19)15-12-14-7-9(20-12)3-6-11(16)17/h1-7H,(H,14,15)(H,16,17). The van der Waals surface area contributed by atoms with E-state index in [1.54, 1.807) is 0 Å². The lowest BCUT2D eigenvalue weighted by molar-refractivity contribution is -0.131. The van der Waals surface area contributed by atoms with Gasteiger partial charge in [-0.3, -0.25) is 4.72 Å². The molecule has 0 unspecified atom stereocenters. The monoisotopic (exact) mass is 344 g/mol. The molecule has 2 N–H and O–H groups in total. The number of hydrogen-bond acceptors (Lipinski definition) is 5. The van der Waals surface area contributed by atoms with Gasteiger partial charge in [-0.1, -0.05) is 22.9 Å². The van der Waals surface area contributed by atoms with Crippen molar-refractivity contribution in [3.63, 3.8) is 0 Å². The predicted octanol–water partition coefficient (Wildman–Crippen LogP) is 2.70. The topological polar surface area (TPSA) is 96.4 Å². The minimum atomic E-state index is -3.75. The van der Waals surface area contributed by atoms with Gasteiger partial charge in [0.05, 0.1) is 4.90 Å². The lowest BCUT2D eigenvalue weighted by Gasteiger charge is -2.04. The zero-order chi connectivity index (χ0) is 15.5. The van der Waals surface area contributed by atoms with Crippen molar-refractivity contribution in [1.82, 2.24) is 4.98 Å². The Kier molecular flexibility index (Phi) is 4.61. The van der Waals surface area contributed by atoms with E-state index in [1.807, 2.05) is 0 Å². The largest absolute Gasteiger partial charge is 0.478 e. The molecule has 0 atom stereocenters. The van der Waals surface area contributed by atoms with E-state index in [4.69, 9.17) is 16.7 Å². The fourth-order valence-electron chi connectivity index (χ4n) is 1.35. The molecule has 1 aromatic heterocycles. The summed E-state index contributed by atoms with van der Waals surface area (Å²) in [7, 11) is -3.75. The molecule has 2 rings (SSSR count). The molecule has 1 heterocycles. The highest BCUT2D eigenvalue weighted by Crippen LogP contribution is 2.23. The van der Waals surface area contributed by atoms with Gasteiger partial charge in [-0.15, -0.1) is 0 Å². The van der Waals surface area contributed by atoms with Crippen LogP contribution >= 0.6 is 22.9 Å². The van der Waals surface area contributed by atoms with Gasteiger partial charge in [0.2, 0.25) is 0 Å². The number of sulfonamides is 1. The van der Waals surface area contributed by atoms with Crippen LogP contribution in [0.4, 0.5) is 5.13 Å². The Hall–Kier alpha value is -1.90. The van der Waals surface area contributed by atoms with Gasteiger partial charge in [0.1, 0.15) is 0 Å². The van der Waals surface area contributed by atoms with E-state index >= 15 is 0 Å². The molecule has 0 aliphatic carbocycles. The summed E-state index contributed by atoms with van der Waals surface area (Å²) in [6.45, 7) is 0. The van der Waals surface area contributed by atoms with Gasteiger partial charge in [0.15, 0.2) is 5.13 Å². The quantitative estimate of drug-likeness (QED) is 0.813. The SMILES string of the molecule is O=C(O)C=Cc1cnc(NS(=O)(=O)c2ccc(Cl)cc2)s1. The molecule has 6 nitrogen and oxygen atoms in total. The van der Waals surface area contributed by atoms with Crippen molar-refractivity contribution in [2.75, 3.05) is 4.72 Å². The van der Waals surface area contributed by atoms with E-state index in [0.717, 1.165) is 17.4 Å². The van der Waals surface area contributed by atoms with Crippen LogP contribution in [0.3, 0.4) is 0 Å². The minimum absolute atomic E-state index is 0.0599. The van der Waals surface area contributed by atoms with Crippen LogP contribution in [-0.2, 0) is 14.8 Å². The first kappa shape index (κ1) is 15.5. The normalized spacial score (nSPS) is 11.7. The van der Waals surface area contributed by atoms with E-state index in [9.17, 15) is 13.2 Å². The summed E-state index contributed by atoms with van der Waals surface area (Å²) in [6, 6.07) is 5.70. The number of carboxylic acids is 1. The van der Waals surface area contributed by atoms with Gasteiger partial charge in [0, 0.05) is 22.2 Å². The Bertz CT molecular complexity index is 782. The highest BCUT2D eigenvalue weighted by molar-refractivity contribution is 7.93. The molecule has 0 bridgehead atoms. The number of carboxylic acid groups (broad SMARTS) is 1. The lowest BCUT2D eigenvalue weighted by atomic mass is 10.4. The van der Waals surface area contributed by atoms with Crippen LogP contribution < -0.4 is 4.72 Å². The molecule has 0 saturated heterocycles. The smallest absolute Gasteiger partial charge is 0.328 e. The highest BCUT2D eigenvalue weighted by Gasteiger charge is 2.15. The molecule has 2 aromatic rings. The number of hydrogen-bond donors (Lipinski definition) is 2. The van der Waals surface area contributed by atoms with Gasteiger partial charge in [-0.25, -0.2) is 18.2 Å². The average Bonchev–Trinajstić information content (AvgIpc) is 2.84. The fourth-order valence-corrected chi connectivity index (χ4v) is 3.44. The number of thiazole rings is 1. The van der Waals surface area contributed by atoms with Gasteiger partial charge in [-0.2, -0.15) is 0 Å². The maximum Gasteiger partial charge on any atom is 0.328 e. The number of halogens is 1. The zero-order valence-corrected chi connectivity index (χ0v) is 12.7. The van der Waals surface area contributed by atoms with Crippen LogP contribution in [0.5, 0.6) is 0 Å². The Morgan fingerprint density at radius 2 is 2.00 bits per heavy atom. The Balaban J connectivity index is 2.17. The number of nitrogens with zero attached hydrogens (tertiary/aromatic N) is 1. The number of anilines is 1. The van der Waals surface area contributed by atoms with E-state index in [0.29, 0.717) is 9.90 Å². The number of rotatable bonds is 5. The van der Waals surface area contributed by atoms with E-state index in [1.165, 1.54) is 36.5 Å². The number of nitrogens with one attached hydrogen (secondary N) is 1. The first-order valence-electron chi connectivity index (χ1n) is 5.52. The van der Waals surface area contributed by atoms with Crippen LogP contribution in [0.15, 0.2) is 41.4 Å². The summed E-state index contributed by atoms with van der Waals surface area (Å²) < 4.78 is 26.5. The van der Waals surface area contributed by atoms with Crippen molar-refractivity contribution in [2.24, 2.45) is 0 Å². The maximum absolute atomic E-state index is 12.1. The van der Waals surface area contributed by atoms with Crippen molar-refractivity contribution in [3.05, 3.63) is 46.4 Å². The van der Waals surface area contributed by atoms with E-state index < -0.39 is 16.0 Å². The molecule has 0 amide bonds. The van der Waals surface area contributed by atoms with Crippen LogP contribution in [0.2, 0.25) is 5.02 Å². The maximum atomic E-state index is 12.1. The molecular formula is C12H9ClN2O4S2. The second-order valence-corrected chi connectivity index (χ2v) is 6.98. The number of aliphatic carboxylic acids is 1. The average molecular weight is 345 g/mol. The van der Waals surface area contributed by atoms with Crippen molar-refractivity contribution in [3.8, 4) is 0 Å². The van der Waals surface area contributed by atoms with Gasteiger partial charge >= 0.3 is 5.97 Å². The summed E-state index contributed by atoms with van der Waals surface area (Å²) in [4.78, 5) is 14.9. The summed E-state index contributed by atoms with van der Waals surface area (Å²) in [5.74, 6) is -1.09. The molecule has 0 aliphatic rings. The summed E-state index contributed by atoms with van der Waals surface area (Å²) in [5.41, 5.74) is 0. The van der Waals surface area contributed by atoms with Crippen molar-refractivity contribution < 1.29 is 18.3 Å². The predicted molar refractivity (Wildman–Crippen MR) is 81.0 cm³/mol. The molecule has 21 heavy (non-hydrogen) atoms. The van der Waals surface area contributed by atoms with Gasteiger partial charge < -0.3 is 5.11 Å². The van der Waals surface area contributed by atoms with Gasteiger partial charge in [-0.05, 0) is 30.3 Å². The van der Waals surface area contributed by atoms with E-state index in [2.05, 4.69) is 9.71 Å². The third-order valence-corrected chi connectivity index (χ3v) is 4.87. The molecule has 0 aliphatic heterocycles. The first-order chi connectivity index (χ1) is 9.87. The first-order valence-corrected chi connectivity index (χ1v) is 8.20.